The van der Waals surface area contributed by atoms with E-state index < -0.39 is 146 Å². The lowest BCUT2D eigenvalue weighted by Crippen LogP contribution is -2.67. The summed E-state index contributed by atoms with van der Waals surface area (Å²) in [5, 5.41) is 115. The van der Waals surface area contributed by atoms with Gasteiger partial charge in [0.25, 0.3) is 0 Å². The van der Waals surface area contributed by atoms with Gasteiger partial charge in [0.1, 0.15) is 72.6 Å². The first-order valence-corrected chi connectivity index (χ1v) is 21.9. The van der Waals surface area contributed by atoms with Crippen LogP contribution in [-0.4, -0.2) is 201 Å². The Bertz CT molecular complexity index is 2190. The number of amides is 6. The van der Waals surface area contributed by atoms with Crippen LogP contribution in [0.5, 0.6) is 5.75 Å². The number of hydrogen-bond acceptors (Lipinski definition) is 17. The molecule has 4 saturated heterocycles. The number of ether oxygens (including phenoxy) is 2. The fourth-order valence-corrected chi connectivity index (χ4v) is 8.03. The lowest BCUT2D eigenvalue weighted by atomic mass is 9.92. The highest BCUT2D eigenvalue weighted by molar-refractivity contribution is 5.98. The minimum atomic E-state index is -2.03. The summed E-state index contributed by atoms with van der Waals surface area (Å²) in [6.07, 6.45) is -12.0. The fraction of sp³-hybridized carbons (Fsp3) is 0.524. The molecule has 0 saturated carbocycles. The molecule has 6 amide bonds. The minimum absolute atomic E-state index is 0.0578. The topological polar surface area (TPSA) is 430 Å². The van der Waals surface area contributed by atoms with Gasteiger partial charge in [-0.15, -0.1) is 0 Å². The van der Waals surface area contributed by atoms with Crippen LogP contribution in [0.3, 0.4) is 0 Å². The second-order valence-corrected chi connectivity index (χ2v) is 16.9. The maximum Gasteiger partial charge on any atom is 0.246 e. The molecule has 69 heavy (non-hydrogen) atoms. The van der Waals surface area contributed by atoms with Crippen LogP contribution in [0.4, 0.5) is 0 Å². The number of benzene rings is 2. The van der Waals surface area contributed by atoms with Gasteiger partial charge in [0.2, 0.25) is 41.7 Å². The molecule has 0 spiro atoms. The number of rotatable bonds is 12. The van der Waals surface area contributed by atoms with Crippen LogP contribution >= 0.6 is 0 Å². The van der Waals surface area contributed by atoms with Crippen molar-refractivity contribution in [3.05, 3.63) is 65.7 Å². The quantitative estimate of drug-likeness (QED) is 0.0939. The molecule has 27 nitrogen and oxygen atoms in total. The summed E-state index contributed by atoms with van der Waals surface area (Å²) in [6.45, 7) is -1.14. The van der Waals surface area contributed by atoms with Gasteiger partial charge in [0, 0.05) is 25.4 Å². The van der Waals surface area contributed by atoms with Gasteiger partial charge in [-0.05, 0) is 23.3 Å². The van der Waals surface area contributed by atoms with Crippen molar-refractivity contribution < 1.29 is 74.0 Å². The second-order valence-electron chi connectivity index (χ2n) is 16.9. The zero-order valence-corrected chi connectivity index (χ0v) is 37.0. The van der Waals surface area contributed by atoms with Gasteiger partial charge >= 0.3 is 0 Å². The normalized spacial score (nSPS) is 32.1. The van der Waals surface area contributed by atoms with Crippen LogP contribution in [0, 0.1) is 10.8 Å². The van der Waals surface area contributed by atoms with Crippen LogP contribution < -0.4 is 57.9 Å². The first-order chi connectivity index (χ1) is 32.9. The summed E-state index contributed by atoms with van der Waals surface area (Å²) in [5.74, 6) is -7.70. The molecule has 2 aromatic rings. The molecule has 27 heteroatoms. The van der Waals surface area contributed by atoms with E-state index in [2.05, 4.69) is 53.2 Å². The average molecular weight is 971 g/mol. The zero-order valence-electron chi connectivity index (χ0n) is 37.0. The van der Waals surface area contributed by atoms with E-state index in [-0.39, 0.29) is 37.2 Å². The molecule has 376 valence electrons. The van der Waals surface area contributed by atoms with Gasteiger partial charge in [0.05, 0.1) is 31.8 Å². The highest BCUT2D eigenvalue weighted by Gasteiger charge is 2.46. The Morgan fingerprint density at radius 2 is 1.17 bits per heavy atom. The number of guanidine groups is 2. The number of hydrogen-bond donors (Lipinski definition) is 19. The molecule has 15 unspecified atom stereocenters. The van der Waals surface area contributed by atoms with E-state index in [1.54, 1.807) is 37.3 Å². The number of carbonyl (C=O) groups excluding carboxylic acids is 6. The monoisotopic (exact) mass is 970 g/mol. The van der Waals surface area contributed by atoms with E-state index >= 15 is 0 Å². The van der Waals surface area contributed by atoms with Gasteiger partial charge in [-0.1, -0.05) is 49.4 Å². The third kappa shape index (κ3) is 12.7. The molecule has 4 heterocycles. The van der Waals surface area contributed by atoms with Crippen LogP contribution in [0.25, 0.3) is 0 Å². The smallest absolute Gasteiger partial charge is 0.246 e. The number of aliphatic hydroxyl groups is 7. The summed E-state index contributed by atoms with van der Waals surface area (Å²) in [5.41, 5.74) is 0.903. The van der Waals surface area contributed by atoms with Crippen molar-refractivity contribution in [2.45, 2.75) is 104 Å². The Balaban J connectivity index is 1.37. The molecule has 0 bridgehead atoms. The predicted octanol–water partition coefficient (Wildman–Crippen LogP) is -8.53. The molecule has 4 aliphatic heterocycles. The molecule has 6 rings (SSSR count). The lowest BCUT2D eigenvalue weighted by Gasteiger charge is -2.39. The molecule has 0 radical (unpaired) electrons. The van der Waals surface area contributed by atoms with Crippen LogP contribution in [0.15, 0.2) is 54.6 Å². The molecule has 19 N–H and O–H groups in total. The highest BCUT2D eigenvalue weighted by atomic mass is 16.7. The Kier molecular flexibility index (Phi) is 17.3. The Morgan fingerprint density at radius 3 is 1.72 bits per heavy atom. The largest absolute Gasteiger partial charge is 0.462 e. The number of aliphatic hydroxyl groups excluding tert-OH is 7. The van der Waals surface area contributed by atoms with Gasteiger partial charge in [-0.25, -0.2) is 0 Å². The van der Waals surface area contributed by atoms with Crippen molar-refractivity contribution in [3.8, 4) is 5.75 Å². The van der Waals surface area contributed by atoms with Crippen molar-refractivity contribution in [2.75, 3.05) is 32.8 Å². The third-order valence-corrected chi connectivity index (χ3v) is 12.1. The maximum absolute atomic E-state index is 14.7. The van der Waals surface area contributed by atoms with Gasteiger partial charge in [-0.3, -0.25) is 39.6 Å². The molecular formula is C42H58N12O15. The maximum atomic E-state index is 14.7. The molecule has 2 aromatic carbocycles. The van der Waals surface area contributed by atoms with E-state index in [1.807, 2.05) is 0 Å². The Labute approximate surface area is 393 Å². The Morgan fingerprint density at radius 1 is 0.623 bits per heavy atom. The summed E-state index contributed by atoms with van der Waals surface area (Å²) < 4.78 is 11.1. The third-order valence-electron chi connectivity index (χ3n) is 12.1. The van der Waals surface area contributed by atoms with Crippen molar-refractivity contribution in [3.63, 3.8) is 0 Å². The lowest BCUT2D eigenvalue weighted by molar-refractivity contribution is -0.277. The fourth-order valence-electron chi connectivity index (χ4n) is 8.03. The van der Waals surface area contributed by atoms with E-state index in [1.165, 1.54) is 24.3 Å². The summed E-state index contributed by atoms with van der Waals surface area (Å²) in [6, 6.07) is 3.06. The molecule has 4 fully saturated rings. The highest BCUT2D eigenvalue weighted by Crippen LogP contribution is 2.25. The van der Waals surface area contributed by atoms with Gasteiger partial charge in [-0.2, -0.15) is 0 Å². The standard InChI is InChI=1S/C42H58N12O15/c1-17(19-5-3-2-4-6-19)27-37(65)48-21(11-18-7-9-20(10-8-18)68-40-34(62)33(61)32(60)25(16-56)69-40)36(64)53-29(31(59)23-13-47-42(44)51-23)39(67)54-28(30(58)22-12-46-41(43)50-22)38(66)49-24(15-55)35(63)45-14-26(57)52-27/h2-10,17,21-25,27-34,40,55-56,58-62H,11-16H2,1H3,(H,45,63)(H,48,65)(H,49,66)(H,52,57)(H,53,64)(H,54,67)(H3,43,46,50)(H3,44,47,51). The summed E-state index contributed by atoms with van der Waals surface area (Å²) in [4.78, 5) is 84.4. The van der Waals surface area contributed by atoms with Crippen molar-refractivity contribution in [1.29, 1.82) is 10.8 Å². The van der Waals surface area contributed by atoms with Gasteiger partial charge < -0.3 is 98.4 Å². The van der Waals surface area contributed by atoms with Crippen molar-refractivity contribution in [1.82, 2.24) is 53.2 Å². The molecule has 4 aliphatic rings. The van der Waals surface area contributed by atoms with E-state index in [9.17, 15) is 64.5 Å². The van der Waals surface area contributed by atoms with E-state index in [0.717, 1.165) is 0 Å². The first kappa shape index (κ1) is 51.7. The number of carbonyl (C=O) groups is 6. The van der Waals surface area contributed by atoms with Crippen molar-refractivity contribution >= 4 is 47.4 Å². The number of nitrogens with one attached hydrogen (secondary N) is 12. The van der Waals surface area contributed by atoms with E-state index in [0.29, 0.717) is 11.1 Å². The SMILES string of the molecule is CC(c1ccccc1)C1NC(=O)CNC(=O)C(CO)NC(=O)C(C(O)C2CNC(=N)N2)NC(=O)C(C(O)C2CNC(=N)N2)NC(=O)C(Cc2ccc(OC3OC(CO)C(O)C(O)C3O)cc2)NC1=O. The molecule has 15 atom stereocenters. The zero-order chi connectivity index (χ0) is 50.1. The Hall–Kier alpha value is -6.72. The van der Waals surface area contributed by atoms with Crippen molar-refractivity contribution in [2.24, 2.45) is 0 Å². The first-order valence-electron chi connectivity index (χ1n) is 21.9. The van der Waals surface area contributed by atoms with E-state index in [4.69, 9.17) is 20.3 Å². The molecule has 0 aromatic heterocycles. The molecule has 0 aliphatic carbocycles. The predicted molar refractivity (Wildman–Crippen MR) is 236 cm³/mol. The summed E-state index contributed by atoms with van der Waals surface area (Å²) in [7, 11) is 0. The van der Waals surface area contributed by atoms with Gasteiger partial charge in [0.15, 0.2) is 11.9 Å². The van der Waals surface area contributed by atoms with Crippen LogP contribution in [0.2, 0.25) is 0 Å². The molecular weight excluding hydrogens is 913 g/mol. The minimum Gasteiger partial charge on any atom is -0.462 e. The average Bonchev–Trinajstić information content (AvgIpc) is 3.99. The van der Waals surface area contributed by atoms with Crippen LogP contribution in [-0.2, 0) is 39.9 Å². The second kappa shape index (κ2) is 23.1. The summed E-state index contributed by atoms with van der Waals surface area (Å²) >= 11 is 0. The van der Waals surface area contributed by atoms with Crippen LogP contribution in [0.1, 0.15) is 24.0 Å².